The third-order valence-corrected chi connectivity index (χ3v) is 6.20. The summed E-state index contributed by atoms with van der Waals surface area (Å²) in [6, 6.07) is 0.644. The number of hydrogen-bond acceptors (Lipinski definition) is 5. The molecule has 5 nitrogen and oxygen atoms in total. The zero-order chi connectivity index (χ0) is 16.6. The van der Waals surface area contributed by atoms with E-state index in [2.05, 4.69) is 19.8 Å². The highest BCUT2D eigenvalue weighted by atomic mass is 19.1. The van der Waals surface area contributed by atoms with Crippen molar-refractivity contribution in [2.45, 2.75) is 57.1 Å². The van der Waals surface area contributed by atoms with Crippen molar-refractivity contribution in [3.05, 3.63) is 18.2 Å². The van der Waals surface area contributed by atoms with Crippen molar-refractivity contribution in [1.29, 1.82) is 0 Å². The summed E-state index contributed by atoms with van der Waals surface area (Å²) in [4.78, 5) is 13.2. The average molecular weight is 334 g/mol. The lowest BCUT2D eigenvalue weighted by atomic mass is 9.79. The topological polar surface area (TPSA) is 52.5 Å². The number of aromatic nitrogens is 2. The normalized spacial score (nSPS) is 34.8. The maximum absolute atomic E-state index is 13.1. The second-order valence-electron chi connectivity index (χ2n) is 7.91. The molecule has 0 amide bonds. The first-order valence-electron chi connectivity index (χ1n) is 9.28. The van der Waals surface area contributed by atoms with Gasteiger partial charge in [-0.1, -0.05) is 0 Å². The van der Waals surface area contributed by atoms with E-state index in [-0.39, 0.29) is 11.9 Å². The lowest BCUT2D eigenvalue weighted by Crippen LogP contribution is -2.47. The van der Waals surface area contributed by atoms with Crippen LogP contribution in [-0.4, -0.2) is 58.3 Å². The van der Waals surface area contributed by atoms with Gasteiger partial charge in [0.2, 0.25) is 5.95 Å². The second-order valence-corrected chi connectivity index (χ2v) is 7.91. The lowest BCUT2D eigenvalue weighted by molar-refractivity contribution is 0.0770. The Morgan fingerprint density at radius 2 is 1.79 bits per heavy atom. The molecule has 1 aromatic heterocycles. The summed E-state index contributed by atoms with van der Waals surface area (Å²) in [6.07, 6.45) is 10.2. The van der Waals surface area contributed by atoms with Gasteiger partial charge >= 0.3 is 0 Å². The van der Waals surface area contributed by atoms with E-state index < -0.39 is 0 Å². The quantitative estimate of drug-likeness (QED) is 0.899. The van der Waals surface area contributed by atoms with Gasteiger partial charge < -0.3 is 10.0 Å². The Kier molecular flexibility index (Phi) is 4.43. The number of aliphatic hydroxyl groups is 1. The van der Waals surface area contributed by atoms with E-state index in [4.69, 9.17) is 0 Å². The molecule has 0 aromatic carbocycles. The Morgan fingerprint density at radius 1 is 1.04 bits per heavy atom. The number of aliphatic hydroxyl groups excluding tert-OH is 1. The Morgan fingerprint density at radius 3 is 2.54 bits per heavy atom. The number of nitrogens with zero attached hydrogens (tertiary/aromatic N) is 4. The van der Waals surface area contributed by atoms with Crippen molar-refractivity contribution >= 4 is 5.95 Å². The SMILES string of the molecule is O[C@H]1CC[C@H](N2CC[C@]3(CCCN(c4ncc(F)cn4)C3)C2)CC1. The average Bonchev–Trinajstić information content (AvgIpc) is 2.99. The number of likely N-dealkylation sites (tertiary alicyclic amines) is 1. The molecule has 2 aliphatic heterocycles. The molecule has 1 aromatic rings. The van der Waals surface area contributed by atoms with Gasteiger partial charge in [0.25, 0.3) is 0 Å². The summed E-state index contributed by atoms with van der Waals surface area (Å²) in [6.45, 7) is 4.25. The molecule has 1 N–H and O–H groups in total. The van der Waals surface area contributed by atoms with Crippen LogP contribution in [0.5, 0.6) is 0 Å². The van der Waals surface area contributed by atoms with Gasteiger partial charge in [0.15, 0.2) is 5.82 Å². The maximum Gasteiger partial charge on any atom is 0.225 e. The summed E-state index contributed by atoms with van der Waals surface area (Å²) >= 11 is 0. The van der Waals surface area contributed by atoms with Crippen LogP contribution in [0.3, 0.4) is 0 Å². The molecule has 1 spiro atoms. The van der Waals surface area contributed by atoms with Gasteiger partial charge in [-0.25, -0.2) is 14.4 Å². The fourth-order valence-corrected chi connectivity index (χ4v) is 4.89. The molecular weight excluding hydrogens is 307 g/mol. The van der Waals surface area contributed by atoms with Gasteiger partial charge in [0, 0.05) is 31.1 Å². The largest absolute Gasteiger partial charge is 0.393 e. The van der Waals surface area contributed by atoms with Crippen molar-refractivity contribution in [2.75, 3.05) is 31.1 Å². The van der Waals surface area contributed by atoms with Crippen molar-refractivity contribution in [3.63, 3.8) is 0 Å². The minimum Gasteiger partial charge on any atom is -0.393 e. The van der Waals surface area contributed by atoms with E-state index in [9.17, 15) is 9.50 Å². The molecule has 6 heteroatoms. The smallest absolute Gasteiger partial charge is 0.225 e. The summed E-state index contributed by atoms with van der Waals surface area (Å²) in [5.74, 6) is 0.284. The molecule has 24 heavy (non-hydrogen) atoms. The number of piperidine rings is 1. The molecule has 132 valence electrons. The highest BCUT2D eigenvalue weighted by Gasteiger charge is 2.43. The number of hydrogen-bond donors (Lipinski definition) is 1. The first-order valence-corrected chi connectivity index (χ1v) is 9.28. The molecule has 1 aliphatic carbocycles. The Bertz CT molecular complexity index is 561. The molecule has 3 heterocycles. The number of anilines is 1. The van der Waals surface area contributed by atoms with E-state index in [0.29, 0.717) is 17.4 Å². The van der Waals surface area contributed by atoms with Crippen LogP contribution in [0.25, 0.3) is 0 Å². The first kappa shape index (κ1) is 16.2. The Labute approximate surface area is 142 Å². The molecule has 0 unspecified atom stereocenters. The van der Waals surface area contributed by atoms with Gasteiger partial charge in [-0.3, -0.25) is 4.90 Å². The molecule has 0 radical (unpaired) electrons. The molecule has 1 atom stereocenters. The van der Waals surface area contributed by atoms with Gasteiger partial charge in [-0.2, -0.15) is 0 Å². The maximum atomic E-state index is 13.1. The van der Waals surface area contributed by atoms with E-state index in [0.717, 1.165) is 51.7 Å². The van der Waals surface area contributed by atoms with E-state index in [1.54, 1.807) is 0 Å². The molecule has 0 bridgehead atoms. The second kappa shape index (κ2) is 6.56. The molecule has 1 saturated carbocycles. The highest BCUT2D eigenvalue weighted by molar-refractivity contribution is 5.30. The standard InChI is InChI=1S/C18H27FN4O/c19-14-10-20-17(21-11-14)23-8-1-6-18(13-23)7-9-22(12-18)15-2-4-16(24)5-3-15/h10-11,15-16,24H,1-9,12-13H2/t15-,16-,18-/m1/s1. The van der Waals surface area contributed by atoms with Crippen LogP contribution >= 0.6 is 0 Å². The Balaban J connectivity index is 1.41. The third-order valence-electron chi connectivity index (χ3n) is 6.20. The van der Waals surface area contributed by atoms with Gasteiger partial charge in [-0.05, 0) is 51.5 Å². The molecule has 3 fully saturated rings. The van der Waals surface area contributed by atoms with Crippen LogP contribution in [0.4, 0.5) is 10.3 Å². The molecule has 4 rings (SSSR count). The van der Waals surface area contributed by atoms with E-state index >= 15 is 0 Å². The predicted octanol–water partition coefficient (Wildman–Crippen LogP) is 2.21. The minimum absolute atomic E-state index is 0.0846. The highest BCUT2D eigenvalue weighted by Crippen LogP contribution is 2.41. The van der Waals surface area contributed by atoms with Crippen molar-refractivity contribution in [2.24, 2.45) is 5.41 Å². The van der Waals surface area contributed by atoms with Crippen LogP contribution in [0.1, 0.15) is 44.9 Å². The van der Waals surface area contributed by atoms with Gasteiger partial charge in [-0.15, -0.1) is 0 Å². The summed E-state index contributed by atoms with van der Waals surface area (Å²) in [5.41, 5.74) is 0.325. The van der Waals surface area contributed by atoms with Crippen LogP contribution in [-0.2, 0) is 0 Å². The minimum atomic E-state index is -0.378. The van der Waals surface area contributed by atoms with E-state index in [1.807, 2.05) is 0 Å². The Hall–Kier alpha value is -1.27. The summed E-state index contributed by atoms with van der Waals surface area (Å²) < 4.78 is 13.1. The third kappa shape index (κ3) is 3.26. The number of rotatable bonds is 2. The van der Waals surface area contributed by atoms with Crippen molar-refractivity contribution < 1.29 is 9.50 Å². The molecular formula is C18H27FN4O. The van der Waals surface area contributed by atoms with Crippen LogP contribution in [0, 0.1) is 11.2 Å². The zero-order valence-corrected chi connectivity index (χ0v) is 14.2. The summed E-state index contributed by atoms with van der Waals surface area (Å²) in [7, 11) is 0. The fraction of sp³-hybridized carbons (Fsp3) is 0.778. The van der Waals surface area contributed by atoms with Crippen LogP contribution in [0.2, 0.25) is 0 Å². The molecule has 2 saturated heterocycles. The number of halogens is 1. The zero-order valence-electron chi connectivity index (χ0n) is 14.2. The summed E-state index contributed by atoms with van der Waals surface area (Å²) in [5, 5.41) is 9.73. The fourth-order valence-electron chi connectivity index (χ4n) is 4.89. The lowest BCUT2D eigenvalue weighted by Gasteiger charge is -2.41. The monoisotopic (exact) mass is 334 g/mol. The van der Waals surface area contributed by atoms with Crippen molar-refractivity contribution in [1.82, 2.24) is 14.9 Å². The van der Waals surface area contributed by atoms with E-state index in [1.165, 1.54) is 31.8 Å². The first-order chi connectivity index (χ1) is 11.6. The van der Waals surface area contributed by atoms with Gasteiger partial charge in [0.05, 0.1) is 18.5 Å². The van der Waals surface area contributed by atoms with Crippen LogP contribution in [0.15, 0.2) is 12.4 Å². The van der Waals surface area contributed by atoms with Gasteiger partial charge in [0.1, 0.15) is 0 Å². The predicted molar refractivity (Wildman–Crippen MR) is 90.3 cm³/mol. The van der Waals surface area contributed by atoms with Crippen molar-refractivity contribution in [3.8, 4) is 0 Å². The molecule has 3 aliphatic rings. The van der Waals surface area contributed by atoms with Crippen LogP contribution < -0.4 is 4.90 Å².